The molecular formula is C16H25NO2S. The van der Waals surface area contributed by atoms with E-state index in [9.17, 15) is 8.42 Å². The third-order valence-electron chi connectivity index (χ3n) is 4.48. The molecule has 3 nitrogen and oxygen atoms in total. The van der Waals surface area contributed by atoms with Crippen molar-refractivity contribution in [3.63, 3.8) is 0 Å². The molecule has 0 aliphatic carbocycles. The van der Waals surface area contributed by atoms with Gasteiger partial charge in [-0.05, 0) is 43.4 Å². The minimum atomic E-state index is -3.23. The molecule has 112 valence electrons. The number of benzene rings is 1. The van der Waals surface area contributed by atoms with Gasteiger partial charge in [0.15, 0.2) is 9.84 Å². The molecule has 2 rings (SSSR count). The predicted molar refractivity (Wildman–Crippen MR) is 82.7 cm³/mol. The standard InChI is InChI=1S/C16H25NO2S/c1-9(2)17-15-12(5)13(6)20(18,19)16-11(4)8-7-10(3)14(15)16/h7-9,12-13,15,17H,1-6H3. The molecule has 0 bridgehead atoms. The molecule has 1 heterocycles. The first-order valence-electron chi connectivity index (χ1n) is 7.28. The van der Waals surface area contributed by atoms with Crippen molar-refractivity contribution in [2.45, 2.75) is 63.8 Å². The number of aryl methyl sites for hydroxylation is 2. The van der Waals surface area contributed by atoms with Gasteiger partial charge in [0.2, 0.25) is 0 Å². The maximum absolute atomic E-state index is 12.8. The summed E-state index contributed by atoms with van der Waals surface area (Å²) in [6, 6.07) is 4.37. The Labute approximate surface area is 122 Å². The molecule has 0 amide bonds. The summed E-state index contributed by atoms with van der Waals surface area (Å²) in [6.45, 7) is 12.0. The van der Waals surface area contributed by atoms with Crippen LogP contribution in [0.15, 0.2) is 17.0 Å². The van der Waals surface area contributed by atoms with Crippen molar-refractivity contribution in [3.8, 4) is 0 Å². The van der Waals surface area contributed by atoms with Crippen LogP contribution in [-0.4, -0.2) is 19.7 Å². The van der Waals surface area contributed by atoms with Gasteiger partial charge in [-0.25, -0.2) is 8.42 Å². The lowest BCUT2D eigenvalue weighted by Crippen LogP contribution is -2.44. The molecular weight excluding hydrogens is 270 g/mol. The van der Waals surface area contributed by atoms with Crippen LogP contribution in [0.1, 0.15) is 50.4 Å². The topological polar surface area (TPSA) is 46.2 Å². The largest absolute Gasteiger partial charge is 0.307 e. The van der Waals surface area contributed by atoms with Gasteiger partial charge in [0.25, 0.3) is 0 Å². The Balaban J connectivity index is 2.75. The van der Waals surface area contributed by atoms with E-state index in [0.29, 0.717) is 10.9 Å². The number of fused-ring (bicyclic) bond motifs is 1. The highest BCUT2D eigenvalue weighted by Gasteiger charge is 2.43. The van der Waals surface area contributed by atoms with Crippen LogP contribution in [0.3, 0.4) is 0 Å². The lowest BCUT2D eigenvalue weighted by atomic mass is 9.87. The van der Waals surface area contributed by atoms with E-state index in [1.54, 1.807) is 0 Å². The molecule has 3 unspecified atom stereocenters. The first-order valence-corrected chi connectivity index (χ1v) is 8.82. The van der Waals surface area contributed by atoms with Gasteiger partial charge in [-0.15, -0.1) is 0 Å². The van der Waals surface area contributed by atoms with E-state index < -0.39 is 9.84 Å². The van der Waals surface area contributed by atoms with Crippen LogP contribution in [0.5, 0.6) is 0 Å². The van der Waals surface area contributed by atoms with Crippen LogP contribution >= 0.6 is 0 Å². The molecule has 0 fully saturated rings. The number of sulfone groups is 1. The van der Waals surface area contributed by atoms with E-state index >= 15 is 0 Å². The van der Waals surface area contributed by atoms with Gasteiger partial charge in [-0.1, -0.05) is 32.9 Å². The van der Waals surface area contributed by atoms with E-state index in [1.165, 1.54) is 0 Å². The first kappa shape index (κ1) is 15.5. The van der Waals surface area contributed by atoms with Crippen LogP contribution in [-0.2, 0) is 9.84 Å². The first-order chi connectivity index (χ1) is 9.17. The Hall–Kier alpha value is -0.870. The molecule has 1 N–H and O–H groups in total. The van der Waals surface area contributed by atoms with Crippen molar-refractivity contribution in [1.82, 2.24) is 5.32 Å². The maximum atomic E-state index is 12.8. The molecule has 0 saturated carbocycles. The quantitative estimate of drug-likeness (QED) is 0.911. The zero-order valence-electron chi connectivity index (χ0n) is 13.2. The number of nitrogens with one attached hydrogen (secondary N) is 1. The molecule has 1 aliphatic rings. The molecule has 3 atom stereocenters. The second-order valence-corrected chi connectivity index (χ2v) is 8.59. The predicted octanol–water partition coefficient (Wildman–Crippen LogP) is 3.15. The van der Waals surface area contributed by atoms with Crippen molar-refractivity contribution in [3.05, 3.63) is 28.8 Å². The Kier molecular flexibility index (Phi) is 4.00. The molecule has 0 radical (unpaired) electrons. The SMILES string of the molecule is Cc1ccc(C)c2c1C(NC(C)C)C(C)C(C)S2(=O)=O. The van der Waals surface area contributed by atoms with E-state index in [0.717, 1.165) is 16.7 Å². The summed E-state index contributed by atoms with van der Waals surface area (Å²) in [5, 5.41) is 3.20. The van der Waals surface area contributed by atoms with Gasteiger partial charge in [0, 0.05) is 12.1 Å². The second-order valence-electron chi connectivity index (χ2n) is 6.35. The molecule has 1 aromatic carbocycles. The summed E-state index contributed by atoms with van der Waals surface area (Å²) in [4.78, 5) is 0.557. The number of rotatable bonds is 2. The Morgan fingerprint density at radius 1 is 1.10 bits per heavy atom. The second kappa shape index (κ2) is 5.15. The van der Waals surface area contributed by atoms with Crippen molar-refractivity contribution in [2.75, 3.05) is 0 Å². The zero-order chi connectivity index (χ0) is 15.2. The minimum absolute atomic E-state index is 0.0652. The van der Waals surface area contributed by atoms with Gasteiger partial charge in [0.1, 0.15) is 0 Å². The third-order valence-corrected chi connectivity index (χ3v) is 6.99. The van der Waals surface area contributed by atoms with Crippen molar-refractivity contribution < 1.29 is 8.42 Å². The van der Waals surface area contributed by atoms with Gasteiger partial charge >= 0.3 is 0 Å². The highest BCUT2D eigenvalue weighted by molar-refractivity contribution is 7.92. The third kappa shape index (κ3) is 2.29. The monoisotopic (exact) mass is 295 g/mol. The Morgan fingerprint density at radius 3 is 2.20 bits per heavy atom. The van der Waals surface area contributed by atoms with E-state index in [-0.39, 0.29) is 17.2 Å². The lowest BCUT2D eigenvalue weighted by molar-refractivity contribution is 0.335. The smallest absolute Gasteiger partial charge is 0.181 e. The van der Waals surface area contributed by atoms with Gasteiger partial charge in [0.05, 0.1) is 10.1 Å². The Bertz CT molecular complexity index is 620. The lowest BCUT2D eigenvalue weighted by Gasteiger charge is -2.39. The molecule has 1 aromatic rings. The summed E-state index contributed by atoms with van der Waals surface area (Å²) >= 11 is 0. The fourth-order valence-electron chi connectivity index (χ4n) is 3.17. The van der Waals surface area contributed by atoms with Crippen molar-refractivity contribution in [1.29, 1.82) is 0 Å². The van der Waals surface area contributed by atoms with E-state index in [4.69, 9.17) is 0 Å². The van der Waals surface area contributed by atoms with Gasteiger partial charge in [-0.3, -0.25) is 0 Å². The van der Waals surface area contributed by atoms with Crippen molar-refractivity contribution >= 4 is 9.84 Å². The summed E-state index contributed by atoms with van der Waals surface area (Å²) in [5.41, 5.74) is 2.90. The minimum Gasteiger partial charge on any atom is -0.307 e. The average Bonchev–Trinajstić information content (AvgIpc) is 2.35. The van der Waals surface area contributed by atoms with E-state index in [2.05, 4.69) is 19.2 Å². The molecule has 0 saturated heterocycles. The fourth-order valence-corrected chi connectivity index (χ4v) is 5.37. The summed E-state index contributed by atoms with van der Waals surface area (Å²) in [6.07, 6.45) is 0. The summed E-state index contributed by atoms with van der Waals surface area (Å²) in [7, 11) is -3.23. The summed E-state index contributed by atoms with van der Waals surface area (Å²) < 4.78 is 25.6. The highest BCUT2D eigenvalue weighted by atomic mass is 32.2. The van der Waals surface area contributed by atoms with Crippen molar-refractivity contribution in [2.24, 2.45) is 5.92 Å². The summed E-state index contributed by atoms with van der Waals surface area (Å²) in [5.74, 6) is 0.0652. The average molecular weight is 295 g/mol. The van der Waals surface area contributed by atoms with Crippen LogP contribution < -0.4 is 5.32 Å². The molecule has 4 heteroatoms. The molecule has 1 aliphatic heterocycles. The van der Waals surface area contributed by atoms with Crippen LogP contribution in [0.2, 0.25) is 0 Å². The zero-order valence-corrected chi connectivity index (χ0v) is 14.0. The fraction of sp³-hybridized carbons (Fsp3) is 0.625. The highest BCUT2D eigenvalue weighted by Crippen LogP contribution is 2.43. The molecule has 20 heavy (non-hydrogen) atoms. The van der Waals surface area contributed by atoms with Crippen LogP contribution in [0.4, 0.5) is 0 Å². The maximum Gasteiger partial charge on any atom is 0.181 e. The Morgan fingerprint density at radius 2 is 1.65 bits per heavy atom. The van der Waals surface area contributed by atoms with Crippen LogP contribution in [0, 0.1) is 19.8 Å². The normalized spacial score (nSPS) is 28.4. The van der Waals surface area contributed by atoms with Gasteiger partial charge < -0.3 is 5.32 Å². The molecule has 0 spiro atoms. The number of hydrogen-bond donors (Lipinski definition) is 1. The van der Waals surface area contributed by atoms with Gasteiger partial charge in [-0.2, -0.15) is 0 Å². The molecule has 0 aromatic heterocycles. The van der Waals surface area contributed by atoms with Crippen LogP contribution in [0.25, 0.3) is 0 Å². The van der Waals surface area contributed by atoms with E-state index in [1.807, 2.05) is 39.8 Å². The number of hydrogen-bond acceptors (Lipinski definition) is 3.